The van der Waals surface area contributed by atoms with Crippen molar-refractivity contribution < 1.29 is 8.42 Å². The van der Waals surface area contributed by atoms with Gasteiger partial charge in [-0.15, -0.1) is 0 Å². The van der Waals surface area contributed by atoms with Crippen LogP contribution in [0.3, 0.4) is 0 Å². The monoisotopic (exact) mass is 246 g/mol. The molecule has 1 heterocycles. The Morgan fingerprint density at radius 3 is 2.31 bits per heavy atom. The first-order valence-corrected chi connectivity index (χ1v) is 8.07. The van der Waals surface area contributed by atoms with Gasteiger partial charge in [0.05, 0.1) is 11.5 Å². The third kappa shape index (κ3) is 3.43. The van der Waals surface area contributed by atoms with Crippen LogP contribution in [0.4, 0.5) is 0 Å². The summed E-state index contributed by atoms with van der Waals surface area (Å²) >= 11 is 0. The summed E-state index contributed by atoms with van der Waals surface area (Å²) in [6.45, 7) is 1.64. The molecule has 4 nitrogen and oxygen atoms in total. The van der Waals surface area contributed by atoms with Crippen LogP contribution in [0.2, 0.25) is 0 Å². The molecule has 0 spiro atoms. The van der Waals surface area contributed by atoms with Gasteiger partial charge in [-0.25, -0.2) is 8.42 Å². The van der Waals surface area contributed by atoms with E-state index in [1.807, 2.05) is 0 Å². The topological polar surface area (TPSA) is 72.2 Å². The van der Waals surface area contributed by atoms with Gasteiger partial charge < -0.3 is 11.1 Å². The van der Waals surface area contributed by atoms with E-state index in [4.69, 9.17) is 5.73 Å². The van der Waals surface area contributed by atoms with Crippen LogP contribution in [-0.2, 0) is 9.84 Å². The van der Waals surface area contributed by atoms with Gasteiger partial charge in [0.25, 0.3) is 0 Å². The molecule has 0 aromatic heterocycles. The van der Waals surface area contributed by atoms with Crippen molar-refractivity contribution in [3.05, 3.63) is 0 Å². The molecule has 2 rings (SSSR count). The van der Waals surface area contributed by atoms with Gasteiger partial charge in [-0.2, -0.15) is 0 Å². The van der Waals surface area contributed by atoms with Gasteiger partial charge in [0, 0.05) is 6.04 Å². The smallest absolute Gasteiger partial charge is 0.150 e. The fraction of sp³-hybridized carbons (Fsp3) is 1.00. The first-order valence-electron chi connectivity index (χ1n) is 6.24. The second-order valence-electron chi connectivity index (χ2n) is 5.17. The van der Waals surface area contributed by atoms with Crippen molar-refractivity contribution in [2.24, 2.45) is 17.6 Å². The lowest BCUT2D eigenvalue weighted by Crippen LogP contribution is -2.38. The summed E-state index contributed by atoms with van der Waals surface area (Å²) in [7, 11) is -2.74. The molecule has 16 heavy (non-hydrogen) atoms. The maximum atomic E-state index is 11.3. The number of hydrogen-bond donors (Lipinski definition) is 2. The summed E-state index contributed by atoms with van der Waals surface area (Å²) in [5.41, 5.74) is 5.79. The molecule has 0 radical (unpaired) electrons. The Balaban J connectivity index is 1.79. The Morgan fingerprint density at radius 1 is 1.19 bits per heavy atom. The average molecular weight is 246 g/mol. The molecule has 94 valence electrons. The van der Waals surface area contributed by atoms with Crippen molar-refractivity contribution in [2.45, 2.75) is 31.7 Å². The molecule has 0 amide bonds. The molecule has 1 saturated heterocycles. The SMILES string of the molecule is NCC(CNC1CC1)C1CCS(=O)(=O)CC1. The predicted molar refractivity (Wildman–Crippen MR) is 64.9 cm³/mol. The molecule has 5 heteroatoms. The minimum absolute atomic E-state index is 0.359. The van der Waals surface area contributed by atoms with Gasteiger partial charge in [-0.05, 0) is 50.6 Å². The molecular weight excluding hydrogens is 224 g/mol. The number of hydrogen-bond acceptors (Lipinski definition) is 4. The summed E-state index contributed by atoms with van der Waals surface area (Å²) in [5.74, 6) is 1.67. The molecule has 0 aromatic rings. The van der Waals surface area contributed by atoms with Crippen LogP contribution in [0.5, 0.6) is 0 Å². The maximum Gasteiger partial charge on any atom is 0.150 e. The lowest BCUT2D eigenvalue weighted by Gasteiger charge is -2.29. The summed E-state index contributed by atoms with van der Waals surface area (Å²) in [6, 6.07) is 0.710. The first-order chi connectivity index (χ1) is 7.61. The zero-order valence-corrected chi connectivity index (χ0v) is 10.5. The van der Waals surface area contributed by atoms with E-state index in [0.717, 1.165) is 19.4 Å². The quantitative estimate of drug-likeness (QED) is 0.724. The van der Waals surface area contributed by atoms with Crippen LogP contribution in [0.15, 0.2) is 0 Å². The van der Waals surface area contributed by atoms with Gasteiger partial charge in [-0.1, -0.05) is 0 Å². The average Bonchev–Trinajstić information content (AvgIpc) is 3.04. The Hall–Kier alpha value is -0.130. The second kappa shape index (κ2) is 5.02. The minimum Gasteiger partial charge on any atom is -0.330 e. The molecule has 1 atom stereocenters. The van der Waals surface area contributed by atoms with Crippen LogP contribution in [0.25, 0.3) is 0 Å². The number of rotatable bonds is 5. The van der Waals surface area contributed by atoms with Gasteiger partial charge in [0.15, 0.2) is 0 Å². The zero-order chi connectivity index (χ0) is 11.6. The predicted octanol–water partition coefficient (Wildman–Crippen LogP) is 0.138. The van der Waals surface area contributed by atoms with E-state index < -0.39 is 9.84 Å². The zero-order valence-electron chi connectivity index (χ0n) is 9.69. The lowest BCUT2D eigenvalue weighted by atomic mass is 9.87. The Labute approximate surface area is 97.9 Å². The van der Waals surface area contributed by atoms with Gasteiger partial charge in [0.2, 0.25) is 0 Å². The molecule has 1 aliphatic carbocycles. The largest absolute Gasteiger partial charge is 0.330 e. The molecule has 1 unspecified atom stereocenters. The highest BCUT2D eigenvalue weighted by Gasteiger charge is 2.30. The molecule has 1 aliphatic heterocycles. The van der Waals surface area contributed by atoms with Gasteiger partial charge in [0.1, 0.15) is 9.84 Å². The summed E-state index contributed by atoms with van der Waals surface area (Å²) in [4.78, 5) is 0. The third-order valence-electron chi connectivity index (χ3n) is 3.81. The summed E-state index contributed by atoms with van der Waals surface area (Å²) in [5, 5.41) is 3.50. The number of nitrogens with two attached hydrogens (primary N) is 1. The molecule has 1 saturated carbocycles. The van der Waals surface area contributed by atoms with E-state index in [0.29, 0.717) is 35.9 Å². The van der Waals surface area contributed by atoms with Crippen LogP contribution < -0.4 is 11.1 Å². The summed E-state index contributed by atoms with van der Waals surface area (Å²) < 4.78 is 22.7. The highest BCUT2D eigenvalue weighted by molar-refractivity contribution is 7.91. The fourth-order valence-electron chi connectivity index (χ4n) is 2.43. The molecule has 3 N–H and O–H groups in total. The molecule has 2 fully saturated rings. The normalized spacial score (nSPS) is 27.8. The van der Waals surface area contributed by atoms with Crippen LogP contribution >= 0.6 is 0 Å². The van der Waals surface area contributed by atoms with E-state index in [2.05, 4.69) is 5.32 Å². The standard InChI is InChI=1S/C11H22N2O2S/c12-7-10(8-13-11-1-2-11)9-3-5-16(14,15)6-4-9/h9-11,13H,1-8,12H2. The van der Waals surface area contributed by atoms with Crippen LogP contribution in [-0.4, -0.2) is 39.1 Å². The summed E-state index contributed by atoms with van der Waals surface area (Å²) in [6.07, 6.45) is 4.18. The maximum absolute atomic E-state index is 11.3. The van der Waals surface area contributed by atoms with Crippen molar-refractivity contribution in [3.8, 4) is 0 Å². The Bertz CT molecular complexity index is 311. The molecule has 2 aliphatic rings. The van der Waals surface area contributed by atoms with Crippen molar-refractivity contribution in [1.82, 2.24) is 5.32 Å². The van der Waals surface area contributed by atoms with E-state index in [9.17, 15) is 8.42 Å². The third-order valence-corrected chi connectivity index (χ3v) is 5.53. The van der Waals surface area contributed by atoms with Gasteiger partial charge >= 0.3 is 0 Å². The van der Waals surface area contributed by atoms with Crippen molar-refractivity contribution in [1.29, 1.82) is 0 Å². The molecule has 0 aromatic carbocycles. The Kier molecular flexibility index (Phi) is 3.87. The van der Waals surface area contributed by atoms with E-state index in [1.165, 1.54) is 12.8 Å². The minimum atomic E-state index is -2.74. The number of sulfone groups is 1. The first kappa shape index (κ1) is 12.3. The van der Waals surface area contributed by atoms with E-state index >= 15 is 0 Å². The van der Waals surface area contributed by atoms with E-state index in [1.54, 1.807) is 0 Å². The van der Waals surface area contributed by atoms with Crippen LogP contribution in [0.1, 0.15) is 25.7 Å². The molecular formula is C11H22N2O2S. The van der Waals surface area contributed by atoms with Gasteiger partial charge in [-0.3, -0.25) is 0 Å². The lowest BCUT2D eigenvalue weighted by molar-refractivity contribution is 0.300. The van der Waals surface area contributed by atoms with Crippen molar-refractivity contribution >= 4 is 9.84 Å². The Morgan fingerprint density at radius 2 is 1.81 bits per heavy atom. The second-order valence-corrected chi connectivity index (χ2v) is 7.47. The fourth-order valence-corrected chi connectivity index (χ4v) is 3.96. The van der Waals surface area contributed by atoms with Crippen LogP contribution in [0, 0.1) is 11.8 Å². The molecule has 0 bridgehead atoms. The van der Waals surface area contributed by atoms with Crippen molar-refractivity contribution in [3.63, 3.8) is 0 Å². The number of nitrogens with one attached hydrogen (secondary N) is 1. The van der Waals surface area contributed by atoms with Crippen molar-refractivity contribution in [2.75, 3.05) is 24.6 Å². The highest BCUT2D eigenvalue weighted by Crippen LogP contribution is 2.26. The van der Waals surface area contributed by atoms with E-state index in [-0.39, 0.29) is 0 Å². The highest BCUT2D eigenvalue weighted by atomic mass is 32.2.